The average Bonchev–Trinajstić information content (AvgIpc) is 3.22. The Balaban J connectivity index is 0.00000272. The minimum atomic E-state index is -0.0712. The molecule has 1 aliphatic rings. The molecule has 0 N–H and O–H groups in total. The number of methoxy groups -OCH3 is 1. The quantitative estimate of drug-likeness (QED) is 0.498. The van der Waals surface area contributed by atoms with E-state index in [1.807, 2.05) is 54.6 Å². The molecular formula is C23H26ClN3O3S. The van der Waals surface area contributed by atoms with Crippen molar-refractivity contribution in [3.63, 3.8) is 0 Å². The van der Waals surface area contributed by atoms with Crippen molar-refractivity contribution < 1.29 is 14.3 Å². The second kappa shape index (κ2) is 11.2. The van der Waals surface area contributed by atoms with Crippen molar-refractivity contribution in [3.05, 3.63) is 60.2 Å². The third kappa shape index (κ3) is 6.04. The van der Waals surface area contributed by atoms with E-state index in [2.05, 4.69) is 4.90 Å². The van der Waals surface area contributed by atoms with Gasteiger partial charge in [-0.05, 0) is 23.8 Å². The lowest BCUT2D eigenvalue weighted by Crippen LogP contribution is -2.42. The van der Waals surface area contributed by atoms with Crippen LogP contribution in [0, 0.1) is 0 Å². The van der Waals surface area contributed by atoms with Gasteiger partial charge in [0.05, 0.1) is 30.5 Å². The fraction of sp³-hybridized carbons (Fsp3) is 0.304. The Kier molecular flexibility index (Phi) is 8.43. The van der Waals surface area contributed by atoms with Gasteiger partial charge >= 0.3 is 0 Å². The maximum Gasteiger partial charge on any atom is 0.252 e. The highest BCUT2D eigenvalue weighted by molar-refractivity contribution is 7.22. The molecule has 8 heteroatoms. The SMILES string of the molecule is COc1ccc2sc(N(CCN3CCOCC3)C(=O)C=Cc3ccccc3)nc2c1.Cl. The van der Waals surface area contributed by atoms with Crippen molar-refractivity contribution in [1.82, 2.24) is 9.88 Å². The molecule has 1 saturated heterocycles. The van der Waals surface area contributed by atoms with Crippen molar-refractivity contribution in [2.45, 2.75) is 0 Å². The van der Waals surface area contributed by atoms with E-state index in [9.17, 15) is 4.79 Å². The molecular weight excluding hydrogens is 434 g/mol. The van der Waals surface area contributed by atoms with Gasteiger partial charge in [0.2, 0.25) is 0 Å². The van der Waals surface area contributed by atoms with Crippen LogP contribution in [-0.4, -0.2) is 62.3 Å². The summed E-state index contributed by atoms with van der Waals surface area (Å²) < 4.78 is 11.8. The lowest BCUT2D eigenvalue weighted by atomic mass is 10.2. The summed E-state index contributed by atoms with van der Waals surface area (Å²) in [5.74, 6) is 0.688. The standard InChI is InChI=1S/C23H25N3O3S.ClH/c1-28-19-8-9-21-20(17-19)24-23(30-21)26(12-11-25-13-15-29-16-14-25)22(27)10-7-18-5-3-2-4-6-18;/h2-10,17H,11-16H2,1H3;1H. The van der Waals surface area contributed by atoms with Gasteiger partial charge in [0.25, 0.3) is 5.91 Å². The lowest BCUT2D eigenvalue weighted by molar-refractivity contribution is -0.114. The van der Waals surface area contributed by atoms with Crippen LogP contribution in [0.5, 0.6) is 5.75 Å². The topological polar surface area (TPSA) is 54.9 Å². The first kappa shape index (κ1) is 23.2. The van der Waals surface area contributed by atoms with E-state index in [0.717, 1.165) is 54.4 Å². The molecule has 1 amide bonds. The fourth-order valence-corrected chi connectivity index (χ4v) is 4.30. The van der Waals surface area contributed by atoms with Crippen LogP contribution >= 0.6 is 23.7 Å². The number of halogens is 1. The Labute approximate surface area is 192 Å². The van der Waals surface area contributed by atoms with Crippen molar-refractivity contribution >= 4 is 51.1 Å². The van der Waals surface area contributed by atoms with Crippen LogP contribution in [0.25, 0.3) is 16.3 Å². The number of benzene rings is 2. The number of carbonyl (C=O) groups is 1. The number of aromatic nitrogens is 1. The zero-order valence-corrected chi connectivity index (χ0v) is 19.0. The zero-order chi connectivity index (χ0) is 20.8. The molecule has 0 unspecified atom stereocenters. The van der Waals surface area contributed by atoms with E-state index in [1.165, 1.54) is 11.3 Å². The van der Waals surface area contributed by atoms with Gasteiger partial charge in [0, 0.05) is 38.3 Å². The zero-order valence-electron chi connectivity index (χ0n) is 17.4. The molecule has 2 heterocycles. The number of ether oxygens (including phenoxy) is 2. The van der Waals surface area contributed by atoms with Crippen LogP contribution in [0.2, 0.25) is 0 Å². The van der Waals surface area contributed by atoms with Crippen molar-refractivity contribution in [1.29, 1.82) is 0 Å². The Hall–Kier alpha value is -2.45. The molecule has 31 heavy (non-hydrogen) atoms. The number of amides is 1. The molecule has 1 fully saturated rings. The van der Waals surface area contributed by atoms with Gasteiger partial charge in [-0.2, -0.15) is 0 Å². The van der Waals surface area contributed by atoms with E-state index in [4.69, 9.17) is 14.5 Å². The Morgan fingerprint density at radius 2 is 2.00 bits per heavy atom. The second-order valence-electron chi connectivity index (χ2n) is 7.02. The number of rotatable bonds is 7. The van der Waals surface area contributed by atoms with Gasteiger partial charge in [0.15, 0.2) is 5.13 Å². The number of hydrogen-bond donors (Lipinski definition) is 0. The van der Waals surface area contributed by atoms with Gasteiger partial charge < -0.3 is 9.47 Å². The van der Waals surface area contributed by atoms with E-state index in [0.29, 0.717) is 11.7 Å². The van der Waals surface area contributed by atoms with Crippen LogP contribution in [-0.2, 0) is 9.53 Å². The normalized spacial score (nSPS) is 14.5. The molecule has 164 valence electrons. The molecule has 0 spiro atoms. The van der Waals surface area contributed by atoms with E-state index in [1.54, 1.807) is 18.1 Å². The molecule has 4 rings (SSSR count). The van der Waals surface area contributed by atoms with Crippen LogP contribution < -0.4 is 9.64 Å². The number of morpholine rings is 1. The molecule has 0 aliphatic carbocycles. The van der Waals surface area contributed by atoms with Crippen LogP contribution in [0.4, 0.5) is 5.13 Å². The summed E-state index contributed by atoms with van der Waals surface area (Å²) >= 11 is 1.52. The molecule has 3 aromatic rings. The van der Waals surface area contributed by atoms with E-state index < -0.39 is 0 Å². The first-order valence-electron chi connectivity index (χ1n) is 10.0. The fourth-order valence-electron chi connectivity index (χ4n) is 3.33. The minimum absolute atomic E-state index is 0. The molecule has 0 radical (unpaired) electrons. The van der Waals surface area contributed by atoms with E-state index in [-0.39, 0.29) is 18.3 Å². The van der Waals surface area contributed by atoms with Crippen molar-refractivity contribution in [2.75, 3.05) is 51.4 Å². The summed E-state index contributed by atoms with van der Waals surface area (Å²) in [5.41, 5.74) is 1.83. The van der Waals surface area contributed by atoms with Crippen molar-refractivity contribution in [3.8, 4) is 5.75 Å². The molecule has 2 aromatic carbocycles. The summed E-state index contributed by atoms with van der Waals surface area (Å²) in [6.07, 6.45) is 3.47. The third-order valence-electron chi connectivity index (χ3n) is 5.04. The van der Waals surface area contributed by atoms with Crippen molar-refractivity contribution in [2.24, 2.45) is 0 Å². The molecule has 1 aromatic heterocycles. The third-order valence-corrected chi connectivity index (χ3v) is 6.10. The number of thiazole rings is 1. The molecule has 1 aliphatic heterocycles. The molecule has 0 bridgehead atoms. The second-order valence-corrected chi connectivity index (χ2v) is 8.03. The van der Waals surface area contributed by atoms with Crippen LogP contribution in [0.1, 0.15) is 5.56 Å². The number of hydrogen-bond acceptors (Lipinski definition) is 6. The maximum absolute atomic E-state index is 13.1. The van der Waals surface area contributed by atoms with Gasteiger partial charge in [-0.15, -0.1) is 12.4 Å². The maximum atomic E-state index is 13.1. The summed E-state index contributed by atoms with van der Waals surface area (Å²) in [4.78, 5) is 21.9. The smallest absolute Gasteiger partial charge is 0.252 e. The number of fused-ring (bicyclic) bond motifs is 1. The highest BCUT2D eigenvalue weighted by atomic mass is 35.5. The predicted molar refractivity (Wildman–Crippen MR) is 129 cm³/mol. The number of anilines is 1. The number of carbonyl (C=O) groups excluding carboxylic acids is 1. The number of nitrogens with zero attached hydrogens (tertiary/aromatic N) is 3. The van der Waals surface area contributed by atoms with Crippen LogP contribution in [0.3, 0.4) is 0 Å². The van der Waals surface area contributed by atoms with Gasteiger partial charge in [-0.1, -0.05) is 41.7 Å². The largest absolute Gasteiger partial charge is 0.497 e. The Bertz CT molecular complexity index is 1020. The Morgan fingerprint density at radius 1 is 1.23 bits per heavy atom. The summed E-state index contributed by atoms with van der Waals surface area (Å²) in [5, 5.41) is 0.703. The van der Waals surface area contributed by atoms with Crippen LogP contribution in [0.15, 0.2) is 54.6 Å². The first-order chi connectivity index (χ1) is 14.7. The lowest BCUT2D eigenvalue weighted by Gasteiger charge is -2.28. The minimum Gasteiger partial charge on any atom is -0.497 e. The van der Waals surface area contributed by atoms with Gasteiger partial charge in [-0.3, -0.25) is 14.6 Å². The molecule has 0 saturated carbocycles. The molecule has 0 atom stereocenters. The first-order valence-corrected chi connectivity index (χ1v) is 10.8. The highest BCUT2D eigenvalue weighted by Gasteiger charge is 2.20. The predicted octanol–water partition coefficient (Wildman–Crippen LogP) is 4.11. The summed E-state index contributed by atoms with van der Waals surface area (Å²) in [6, 6.07) is 15.6. The summed E-state index contributed by atoms with van der Waals surface area (Å²) in [7, 11) is 1.64. The monoisotopic (exact) mass is 459 g/mol. The average molecular weight is 460 g/mol. The summed E-state index contributed by atoms with van der Waals surface area (Å²) in [6.45, 7) is 4.62. The van der Waals surface area contributed by atoms with E-state index >= 15 is 0 Å². The van der Waals surface area contributed by atoms with Gasteiger partial charge in [-0.25, -0.2) is 4.98 Å². The highest BCUT2D eigenvalue weighted by Crippen LogP contribution is 2.31. The Morgan fingerprint density at radius 3 is 2.74 bits per heavy atom. The van der Waals surface area contributed by atoms with Gasteiger partial charge in [0.1, 0.15) is 5.75 Å². The molecule has 6 nitrogen and oxygen atoms in total.